The molecule has 0 aromatic heterocycles. The maximum Gasteiger partial charge on any atom is 0.416 e. The summed E-state index contributed by atoms with van der Waals surface area (Å²) < 4.78 is 48.9. The van der Waals surface area contributed by atoms with Crippen LogP contribution in [0.2, 0.25) is 0 Å². The van der Waals surface area contributed by atoms with Crippen LogP contribution in [0, 0.1) is 0 Å². The molecule has 0 aliphatic heterocycles. The third-order valence-electron chi connectivity index (χ3n) is 2.06. The summed E-state index contributed by atoms with van der Waals surface area (Å²) in [4.78, 5) is 0. The predicted molar refractivity (Wildman–Crippen MR) is 56.2 cm³/mol. The zero-order chi connectivity index (χ0) is 11.5. The van der Waals surface area contributed by atoms with Crippen molar-refractivity contribution >= 4 is 12.4 Å². The van der Waals surface area contributed by atoms with Crippen LogP contribution >= 0.6 is 12.4 Å². The minimum Gasteiger partial charge on any atom is -0.324 e. The molecule has 0 unspecified atom stereocenters. The van der Waals surface area contributed by atoms with E-state index in [0.29, 0.717) is 5.56 Å². The highest BCUT2D eigenvalue weighted by molar-refractivity contribution is 5.85. The second-order valence-electron chi connectivity index (χ2n) is 3.21. The van der Waals surface area contributed by atoms with Gasteiger partial charge in [0.05, 0.1) is 12.2 Å². The van der Waals surface area contributed by atoms with Crippen molar-refractivity contribution in [3.8, 4) is 0 Å². The average molecular weight is 258 g/mol. The van der Waals surface area contributed by atoms with Crippen molar-refractivity contribution in [3.05, 3.63) is 35.4 Å². The zero-order valence-corrected chi connectivity index (χ0v) is 9.11. The van der Waals surface area contributed by atoms with E-state index in [2.05, 4.69) is 0 Å². The van der Waals surface area contributed by atoms with E-state index >= 15 is 0 Å². The first-order valence-corrected chi connectivity index (χ1v) is 4.44. The molecule has 0 radical (unpaired) electrons. The molecular weight excluding hydrogens is 246 g/mol. The van der Waals surface area contributed by atoms with Crippen molar-refractivity contribution in [3.63, 3.8) is 0 Å². The number of halogens is 5. The maximum absolute atomic E-state index is 12.3. The summed E-state index contributed by atoms with van der Waals surface area (Å²) in [6.45, 7) is -0.641. The molecule has 0 bridgehead atoms. The molecule has 6 heteroatoms. The van der Waals surface area contributed by atoms with Gasteiger partial charge in [0.2, 0.25) is 0 Å². The van der Waals surface area contributed by atoms with Crippen LogP contribution in [0.25, 0.3) is 0 Å². The van der Waals surface area contributed by atoms with Gasteiger partial charge in [0, 0.05) is 6.04 Å². The van der Waals surface area contributed by atoms with Crippen molar-refractivity contribution in [1.82, 2.24) is 0 Å². The van der Waals surface area contributed by atoms with Gasteiger partial charge in [-0.05, 0) is 24.1 Å². The first-order valence-electron chi connectivity index (χ1n) is 4.44. The molecule has 1 atom stereocenters. The Morgan fingerprint density at radius 1 is 1.25 bits per heavy atom. The average Bonchev–Trinajstić information content (AvgIpc) is 2.17. The molecule has 0 heterocycles. The van der Waals surface area contributed by atoms with Crippen molar-refractivity contribution in [2.75, 3.05) is 6.67 Å². The summed E-state index contributed by atoms with van der Waals surface area (Å²) in [7, 11) is 0. The smallest absolute Gasteiger partial charge is 0.324 e. The molecule has 0 saturated heterocycles. The largest absolute Gasteiger partial charge is 0.416 e. The molecule has 16 heavy (non-hydrogen) atoms. The van der Waals surface area contributed by atoms with Gasteiger partial charge in [-0.15, -0.1) is 12.4 Å². The lowest BCUT2D eigenvalue weighted by Gasteiger charge is -2.12. The van der Waals surface area contributed by atoms with Crippen molar-refractivity contribution in [2.45, 2.75) is 18.6 Å². The van der Waals surface area contributed by atoms with E-state index in [4.69, 9.17) is 5.73 Å². The normalized spacial score (nSPS) is 13.1. The number of benzene rings is 1. The zero-order valence-electron chi connectivity index (χ0n) is 8.30. The molecule has 0 aliphatic carbocycles. The van der Waals surface area contributed by atoms with Crippen LogP contribution in [0.15, 0.2) is 24.3 Å². The van der Waals surface area contributed by atoms with E-state index in [1.165, 1.54) is 12.1 Å². The van der Waals surface area contributed by atoms with Crippen LogP contribution in [0.5, 0.6) is 0 Å². The predicted octanol–water partition coefficient (Wildman–Crippen LogP) is 3.49. The Hall–Kier alpha value is -0.810. The van der Waals surface area contributed by atoms with Crippen LogP contribution in [0.1, 0.15) is 23.6 Å². The molecule has 1 nitrogen and oxygen atoms in total. The summed E-state index contributed by atoms with van der Waals surface area (Å²) in [5, 5.41) is 0. The van der Waals surface area contributed by atoms with E-state index in [1.807, 2.05) is 0 Å². The van der Waals surface area contributed by atoms with Crippen LogP contribution in [0.3, 0.4) is 0 Å². The summed E-state index contributed by atoms with van der Waals surface area (Å²) in [6.07, 6.45) is -4.35. The first-order chi connectivity index (χ1) is 6.95. The number of rotatable bonds is 3. The number of hydrogen-bond donors (Lipinski definition) is 1. The summed E-state index contributed by atoms with van der Waals surface area (Å²) in [5.41, 5.74) is 5.06. The molecule has 1 aromatic carbocycles. The molecule has 0 saturated carbocycles. The topological polar surface area (TPSA) is 26.0 Å². The van der Waals surface area contributed by atoms with E-state index < -0.39 is 24.5 Å². The standard InChI is InChI=1S/C10H11F4N.ClH/c11-5-4-9(15)7-2-1-3-8(6-7)10(12,13)14;/h1-3,6,9H,4-5,15H2;1H/t9-;/m0./s1. The second-order valence-corrected chi connectivity index (χ2v) is 3.21. The Morgan fingerprint density at radius 2 is 1.88 bits per heavy atom. The van der Waals surface area contributed by atoms with Crippen molar-refractivity contribution in [2.24, 2.45) is 5.73 Å². The summed E-state index contributed by atoms with van der Waals surface area (Å²) in [5.74, 6) is 0. The Morgan fingerprint density at radius 3 is 2.38 bits per heavy atom. The van der Waals surface area contributed by atoms with Gasteiger partial charge >= 0.3 is 6.18 Å². The second kappa shape index (κ2) is 6.06. The van der Waals surface area contributed by atoms with Crippen molar-refractivity contribution < 1.29 is 17.6 Å². The SMILES string of the molecule is Cl.N[C@@H](CCF)c1cccc(C(F)(F)F)c1. The molecule has 92 valence electrons. The van der Waals surface area contributed by atoms with Crippen LogP contribution in [-0.4, -0.2) is 6.67 Å². The lowest BCUT2D eigenvalue weighted by atomic mass is 10.0. The maximum atomic E-state index is 12.3. The van der Waals surface area contributed by atoms with Gasteiger partial charge in [0.25, 0.3) is 0 Å². The van der Waals surface area contributed by atoms with E-state index in [9.17, 15) is 17.6 Å². The van der Waals surface area contributed by atoms with Gasteiger partial charge < -0.3 is 5.73 Å². The monoisotopic (exact) mass is 257 g/mol. The third kappa shape index (κ3) is 3.98. The van der Waals surface area contributed by atoms with Gasteiger partial charge in [-0.2, -0.15) is 13.2 Å². The quantitative estimate of drug-likeness (QED) is 0.824. The molecule has 0 aliphatic rings. The lowest BCUT2D eigenvalue weighted by molar-refractivity contribution is -0.137. The van der Waals surface area contributed by atoms with Gasteiger partial charge in [0.15, 0.2) is 0 Å². The Kier molecular flexibility index (Phi) is 5.75. The minimum absolute atomic E-state index is 0. The van der Waals surface area contributed by atoms with Gasteiger partial charge in [-0.1, -0.05) is 12.1 Å². The van der Waals surface area contributed by atoms with Crippen LogP contribution < -0.4 is 5.73 Å². The number of alkyl halides is 4. The molecule has 2 N–H and O–H groups in total. The highest BCUT2D eigenvalue weighted by atomic mass is 35.5. The van der Waals surface area contributed by atoms with Crippen molar-refractivity contribution in [1.29, 1.82) is 0 Å². The Balaban J connectivity index is 0.00000225. The Labute approximate surface area is 97.0 Å². The fraction of sp³-hybridized carbons (Fsp3) is 0.400. The van der Waals surface area contributed by atoms with Gasteiger partial charge in [-0.3, -0.25) is 4.39 Å². The minimum atomic E-state index is -4.38. The lowest BCUT2D eigenvalue weighted by Crippen LogP contribution is -2.13. The number of hydrogen-bond acceptors (Lipinski definition) is 1. The van der Waals surface area contributed by atoms with E-state index in [0.717, 1.165) is 12.1 Å². The fourth-order valence-electron chi connectivity index (χ4n) is 1.23. The molecule has 0 amide bonds. The third-order valence-corrected chi connectivity index (χ3v) is 2.06. The summed E-state index contributed by atoms with van der Waals surface area (Å²) >= 11 is 0. The molecular formula is C10H12ClF4N. The van der Waals surface area contributed by atoms with Crippen LogP contribution in [-0.2, 0) is 6.18 Å². The van der Waals surface area contributed by atoms with E-state index in [-0.39, 0.29) is 18.8 Å². The van der Waals surface area contributed by atoms with Gasteiger partial charge in [-0.25, -0.2) is 0 Å². The first kappa shape index (κ1) is 15.2. The highest BCUT2D eigenvalue weighted by Gasteiger charge is 2.30. The van der Waals surface area contributed by atoms with Crippen LogP contribution in [0.4, 0.5) is 17.6 Å². The van der Waals surface area contributed by atoms with Gasteiger partial charge in [0.1, 0.15) is 0 Å². The number of nitrogens with two attached hydrogens (primary N) is 1. The molecule has 0 spiro atoms. The highest BCUT2D eigenvalue weighted by Crippen LogP contribution is 2.30. The molecule has 0 fully saturated rings. The van der Waals surface area contributed by atoms with E-state index in [1.54, 1.807) is 0 Å². The Bertz CT molecular complexity index is 327. The molecule has 1 aromatic rings. The fourth-order valence-corrected chi connectivity index (χ4v) is 1.23. The molecule has 1 rings (SSSR count). The summed E-state index contributed by atoms with van der Waals surface area (Å²) in [6, 6.07) is 3.98.